The van der Waals surface area contributed by atoms with Gasteiger partial charge in [-0.15, -0.1) is 0 Å². The molecule has 7 heteroatoms. The lowest BCUT2D eigenvalue weighted by molar-refractivity contribution is -0.137. The van der Waals surface area contributed by atoms with E-state index in [9.17, 15) is 13.2 Å². The quantitative estimate of drug-likeness (QED) is 0.908. The molecule has 1 fully saturated rings. The zero-order chi connectivity index (χ0) is 14.8. The number of rotatable bonds is 2. The van der Waals surface area contributed by atoms with Crippen LogP contribution in [0, 0.1) is 0 Å². The van der Waals surface area contributed by atoms with Gasteiger partial charge in [0.1, 0.15) is 5.82 Å². The van der Waals surface area contributed by atoms with Crippen molar-refractivity contribution in [1.82, 2.24) is 10.3 Å². The lowest BCUT2D eigenvalue weighted by atomic mass is 10.1. The van der Waals surface area contributed by atoms with Crippen LogP contribution < -0.4 is 10.2 Å². The summed E-state index contributed by atoms with van der Waals surface area (Å²) in [6.07, 6.45) is -0.641. The van der Waals surface area contributed by atoms with Gasteiger partial charge < -0.3 is 10.2 Å². The molecule has 1 aliphatic rings. The fourth-order valence-corrected chi connectivity index (χ4v) is 2.71. The number of hydrogen-bond donors (Lipinski definition) is 1. The van der Waals surface area contributed by atoms with Crippen molar-refractivity contribution >= 4 is 17.4 Å². The molecular weight excluding hydrogens is 291 g/mol. The summed E-state index contributed by atoms with van der Waals surface area (Å²) < 4.78 is 37.8. The molecule has 1 aromatic rings. The van der Waals surface area contributed by atoms with Crippen molar-refractivity contribution in [1.29, 1.82) is 0 Å². The van der Waals surface area contributed by atoms with Gasteiger partial charge in [0.25, 0.3) is 0 Å². The number of hydrogen-bond acceptors (Lipinski definition) is 3. The number of alkyl halides is 3. The minimum Gasteiger partial charge on any atom is -0.355 e. The lowest BCUT2D eigenvalue weighted by Gasteiger charge is -2.29. The second kappa shape index (κ2) is 6.18. The predicted molar refractivity (Wildman–Crippen MR) is 73.2 cm³/mol. The number of nitrogens with zero attached hydrogens (tertiary/aromatic N) is 2. The van der Waals surface area contributed by atoms with E-state index in [1.54, 1.807) is 0 Å². The molecule has 1 atom stereocenters. The highest BCUT2D eigenvalue weighted by Gasteiger charge is 2.32. The van der Waals surface area contributed by atoms with Crippen molar-refractivity contribution in [2.45, 2.75) is 31.5 Å². The van der Waals surface area contributed by atoms with Crippen LogP contribution in [-0.2, 0) is 6.18 Å². The first kappa shape index (κ1) is 15.4. The van der Waals surface area contributed by atoms with Gasteiger partial charge in [-0.3, -0.25) is 0 Å². The Morgan fingerprint density at radius 3 is 2.75 bits per heavy atom. The van der Waals surface area contributed by atoms with E-state index in [-0.39, 0.29) is 11.1 Å². The number of anilines is 1. The van der Waals surface area contributed by atoms with E-state index < -0.39 is 11.7 Å². The molecule has 1 N–H and O–H groups in total. The standard InChI is InChI=1S/C13H17ClF3N3/c1-20(10-3-2-5-18-6-4-10)12-11(14)7-9(8-19-12)13(15,16)17/h7-8,10,18H,2-6H2,1H3. The zero-order valence-electron chi connectivity index (χ0n) is 11.2. The lowest BCUT2D eigenvalue weighted by Crippen LogP contribution is -2.33. The molecule has 1 aromatic heterocycles. The van der Waals surface area contributed by atoms with Gasteiger partial charge in [-0.25, -0.2) is 4.98 Å². The summed E-state index contributed by atoms with van der Waals surface area (Å²) in [6, 6.07) is 1.18. The Kier molecular flexibility index (Phi) is 4.75. The molecule has 1 unspecified atom stereocenters. The zero-order valence-corrected chi connectivity index (χ0v) is 11.9. The molecule has 3 nitrogen and oxygen atoms in total. The molecule has 1 saturated heterocycles. The van der Waals surface area contributed by atoms with Gasteiger partial charge >= 0.3 is 6.18 Å². The Morgan fingerprint density at radius 1 is 1.35 bits per heavy atom. The van der Waals surface area contributed by atoms with E-state index in [4.69, 9.17) is 11.6 Å². The number of aromatic nitrogens is 1. The summed E-state index contributed by atoms with van der Waals surface area (Å²) in [7, 11) is 1.83. The summed E-state index contributed by atoms with van der Waals surface area (Å²) in [5.41, 5.74) is -0.817. The number of nitrogens with one attached hydrogen (secondary N) is 1. The summed E-state index contributed by atoms with van der Waals surface area (Å²) in [6.45, 7) is 1.87. The summed E-state index contributed by atoms with van der Waals surface area (Å²) >= 11 is 5.97. The Labute approximate surface area is 121 Å². The fraction of sp³-hybridized carbons (Fsp3) is 0.615. The van der Waals surface area contributed by atoms with E-state index in [1.165, 1.54) is 0 Å². The smallest absolute Gasteiger partial charge is 0.355 e. The highest BCUT2D eigenvalue weighted by molar-refractivity contribution is 6.33. The van der Waals surface area contributed by atoms with Crippen molar-refractivity contribution in [3.05, 3.63) is 22.8 Å². The minimum atomic E-state index is -4.42. The molecule has 20 heavy (non-hydrogen) atoms. The Morgan fingerprint density at radius 2 is 2.10 bits per heavy atom. The molecule has 0 spiro atoms. The molecule has 0 bridgehead atoms. The normalized spacial score (nSPS) is 20.6. The maximum Gasteiger partial charge on any atom is 0.417 e. The maximum atomic E-state index is 12.6. The number of halogens is 4. The third-order valence-electron chi connectivity index (χ3n) is 3.58. The van der Waals surface area contributed by atoms with E-state index in [2.05, 4.69) is 10.3 Å². The van der Waals surface area contributed by atoms with E-state index in [0.29, 0.717) is 5.82 Å². The van der Waals surface area contributed by atoms with Crippen molar-refractivity contribution in [2.75, 3.05) is 25.0 Å². The average molecular weight is 308 g/mol. The Balaban J connectivity index is 2.19. The molecular formula is C13H17ClF3N3. The summed E-state index contributed by atoms with van der Waals surface area (Å²) in [5.74, 6) is 0.409. The van der Waals surface area contributed by atoms with Gasteiger partial charge in [-0.1, -0.05) is 11.6 Å². The first-order chi connectivity index (χ1) is 9.39. The van der Waals surface area contributed by atoms with Crippen LogP contribution in [0.1, 0.15) is 24.8 Å². The van der Waals surface area contributed by atoms with Crippen LogP contribution in [0.15, 0.2) is 12.3 Å². The molecule has 0 aliphatic carbocycles. The first-order valence-electron chi connectivity index (χ1n) is 6.56. The van der Waals surface area contributed by atoms with Gasteiger partial charge in [0.2, 0.25) is 0 Å². The predicted octanol–water partition coefficient (Wildman–Crippen LogP) is 3.33. The highest BCUT2D eigenvalue weighted by atomic mass is 35.5. The summed E-state index contributed by atoms with van der Waals surface area (Å²) in [4.78, 5) is 5.79. The van der Waals surface area contributed by atoms with Crippen LogP contribution >= 0.6 is 11.6 Å². The minimum absolute atomic E-state index is 0.0412. The van der Waals surface area contributed by atoms with Gasteiger partial charge in [-0.2, -0.15) is 13.2 Å². The van der Waals surface area contributed by atoms with Crippen LogP contribution in [0.4, 0.5) is 19.0 Å². The number of pyridine rings is 1. The van der Waals surface area contributed by atoms with Crippen LogP contribution in [0.5, 0.6) is 0 Å². The average Bonchev–Trinajstić information content (AvgIpc) is 2.65. The Hall–Kier alpha value is -1.01. The fourth-order valence-electron chi connectivity index (χ4n) is 2.41. The van der Waals surface area contributed by atoms with E-state index in [0.717, 1.165) is 44.6 Å². The second-order valence-electron chi connectivity index (χ2n) is 4.97. The molecule has 2 rings (SSSR count). The van der Waals surface area contributed by atoms with Crippen molar-refractivity contribution < 1.29 is 13.2 Å². The third-order valence-corrected chi connectivity index (χ3v) is 3.85. The van der Waals surface area contributed by atoms with E-state index in [1.807, 2.05) is 11.9 Å². The van der Waals surface area contributed by atoms with Crippen molar-refractivity contribution in [3.63, 3.8) is 0 Å². The first-order valence-corrected chi connectivity index (χ1v) is 6.93. The largest absolute Gasteiger partial charge is 0.417 e. The molecule has 0 amide bonds. The van der Waals surface area contributed by atoms with Crippen LogP contribution in [0.25, 0.3) is 0 Å². The molecule has 0 aromatic carbocycles. The van der Waals surface area contributed by atoms with Gasteiger partial charge in [0.15, 0.2) is 0 Å². The molecule has 112 valence electrons. The molecule has 0 saturated carbocycles. The Bertz CT molecular complexity index is 457. The monoisotopic (exact) mass is 307 g/mol. The SMILES string of the molecule is CN(c1ncc(C(F)(F)F)cc1Cl)C1CCCNCC1. The molecule has 2 heterocycles. The van der Waals surface area contributed by atoms with Crippen LogP contribution in [0.3, 0.4) is 0 Å². The second-order valence-corrected chi connectivity index (χ2v) is 5.38. The van der Waals surface area contributed by atoms with Crippen LogP contribution in [0.2, 0.25) is 5.02 Å². The summed E-state index contributed by atoms with van der Waals surface area (Å²) in [5, 5.41) is 3.34. The topological polar surface area (TPSA) is 28.2 Å². The van der Waals surface area contributed by atoms with Gasteiger partial charge in [0, 0.05) is 19.3 Å². The highest BCUT2D eigenvalue weighted by Crippen LogP contribution is 2.34. The van der Waals surface area contributed by atoms with Crippen LogP contribution in [-0.4, -0.2) is 31.2 Å². The van der Waals surface area contributed by atoms with Gasteiger partial charge in [0.05, 0.1) is 10.6 Å². The third kappa shape index (κ3) is 3.55. The van der Waals surface area contributed by atoms with Crippen molar-refractivity contribution in [3.8, 4) is 0 Å². The van der Waals surface area contributed by atoms with Crippen molar-refractivity contribution in [2.24, 2.45) is 0 Å². The van der Waals surface area contributed by atoms with E-state index >= 15 is 0 Å². The molecule has 1 aliphatic heterocycles. The maximum absolute atomic E-state index is 12.6. The van der Waals surface area contributed by atoms with Gasteiger partial charge in [-0.05, 0) is 38.4 Å². The molecule has 0 radical (unpaired) electrons.